The maximum Gasteiger partial charge on any atom is 0.407 e. The van der Waals surface area contributed by atoms with Crippen LogP contribution in [0.2, 0.25) is 0 Å². The van der Waals surface area contributed by atoms with E-state index in [0.29, 0.717) is 81.1 Å². The molecular weight excluding hydrogens is 853 g/mol. The number of pyridine rings is 4. The molecule has 0 unspecified atom stereocenters. The summed E-state index contributed by atoms with van der Waals surface area (Å²) in [5.74, 6) is 3.06. The summed E-state index contributed by atoms with van der Waals surface area (Å²) in [5, 5.41) is 7.57. The summed E-state index contributed by atoms with van der Waals surface area (Å²) in [5.41, 5.74) is 9.73. The summed E-state index contributed by atoms with van der Waals surface area (Å²) in [4.78, 5) is 55.4. The van der Waals surface area contributed by atoms with Crippen molar-refractivity contribution in [1.82, 2.24) is 34.4 Å². The van der Waals surface area contributed by atoms with E-state index in [2.05, 4.69) is 52.9 Å². The highest BCUT2D eigenvalue weighted by atomic mass is 16.6. The van der Waals surface area contributed by atoms with E-state index < -0.39 is 11.7 Å². The van der Waals surface area contributed by atoms with Crippen LogP contribution in [0.5, 0.6) is 11.5 Å². The second-order valence-electron chi connectivity index (χ2n) is 18.8. The second kappa shape index (κ2) is 19.8. The fourth-order valence-corrected chi connectivity index (χ4v) is 8.39. The molecule has 352 valence electrons. The van der Waals surface area contributed by atoms with Gasteiger partial charge in [-0.15, -0.1) is 0 Å². The molecule has 3 N–H and O–H groups in total. The van der Waals surface area contributed by atoms with E-state index >= 15 is 0 Å². The quantitative estimate of drug-likeness (QED) is 0.104. The van der Waals surface area contributed by atoms with Gasteiger partial charge in [0.2, 0.25) is 0 Å². The molecule has 67 heavy (non-hydrogen) atoms. The first-order chi connectivity index (χ1) is 31.8. The van der Waals surface area contributed by atoms with Crippen LogP contribution in [0, 0.1) is 25.7 Å². The minimum Gasteiger partial charge on any atom is -0.491 e. The average molecular weight is 913 g/mol. The highest BCUT2D eigenvalue weighted by Crippen LogP contribution is 2.38. The fraction of sp³-hybridized carbons (Fsp3) is 0.392. The molecule has 0 saturated heterocycles. The first kappa shape index (κ1) is 47.9. The Balaban J connectivity index is 0.000000203. The van der Waals surface area contributed by atoms with E-state index in [1.165, 1.54) is 12.8 Å². The summed E-state index contributed by atoms with van der Waals surface area (Å²) in [7, 11) is 3.50. The van der Waals surface area contributed by atoms with Gasteiger partial charge < -0.3 is 43.2 Å². The second-order valence-corrected chi connectivity index (χ2v) is 18.8. The standard InChI is InChI=1S/C28H34N4O5.C23H26N4O3/c1-16(2)10-18(31-27(34)37-28(4,5)6)14-35-23-12-22-20(11-21(23)24-13-29-15-36-24)19-8-9-30-17(3)25(19)26(33)32(22)7;1-13(2)7-15(24)11-29-20-9-19-17(8-18(20)21-10-25-12-30-21)16-5-6-26-14(3)22(16)23(28)27(19)4/h8-9,11-13,15-16,18H,10,14H2,1-7H3,(H,31,34);5-6,8-10,12-13,15H,7,11,24H2,1-4H3/t18-;15-/m00/s1. The molecule has 0 spiro atoms. The number of alkyl carbamates (subject to hydrolysis) is 1. The molecule has 0 fully saturated rings. The van der Waals surface area contributed by atoms with E-state index in [-0.39, 0.29) is 29.8 Å². The van der Waals surface area contributed by atoms with Gasteiger partial charge in [-0.1, -0.05) is 27.7 Å². The number of benzene rings is 2. The maximum absolute atomic E-state index is 13.2. The molecule has 6 heterocycles. The molecule has 0 saturated carbocycles. The van der Waals surface area contributed by atoms with Gasteiger partial charge in [0.1, 0.15) is 30.3 Å². The molecule has 0 radical (unpaired) electrons. The SMILES string of the molecule is Cc1nccc2c1c(=O)n(C)c1cc(OC[C@@H](N)CC(C)C)c(-c3cnco3)cc21.Cc1nccc2c1c(=O)n(C)c1cc(OC[C@H](CC(C)C)NC(=O)OC(C)(C)C)c(-c3cnco3)cc21. The van der Waals surface area contributed by atoms with Gasteiger partial charge in [0.05, 0.1) is 62.8 Å². The highest BCUT2D eigenvalue weighted by Gasteiger charge is 2.24. The molecule has 8 rings (SSSR count). The van der Waals surface area contributed by atoms with E-state index in [0.717, 1.165) is 39.0 Å². The molecule has 16 nitrogen and oxygen atoms in total. The first-order valence-corrected chi connectivity index (χ1v) is 22.4. The van der Waals surface area contributed by atoms with Crippen LogP contribution in [-0.2, 0) is 18.8 Å². The molecule has 2 aromatic carbocycles. The topological polar surface area (TPSA) is 205 Å². The zero-order valence-electron chi connectivity index (χ0n) is 40.1. The summed E-state index contributed by atoms with van der Waals surface area (Å²) < 4.78 is 32.3. The zero-order valence-corrected chi connectivity index (χ0v) is 40.1. The van der Waals surface area contributed by atoms with Gasteiger partial charge in [-0.25, -0.2) is 14.8 Å². The number of ether oxygens (including phenoxy) is 3. The Morgan fingerprint density at radius 1 is 0.716 bits per heavy atom. The van der Waals surface area contributed by atoms with Crippen LogP contribution in [0.1, 0.15) is 72.7 Å². The lowest BCUT2D eigenvalue weighted by molar-refractivity contribution is 0.0480. The van der Waals surface area contributed by atoms with Gasteiger partial charge in [-0.05, 0) is 94.3 Å². The molecule has 6 aromatic heterocycles. The van der Waals surface area contributed by atoms with Gasteiger partial charge in [0.25, 0.3) is 11.1 Å². The Labute approximate surface area is 388 Å². The van der Waals surface area contributed by atoms with Gasteiger partial charge in [0, 0.05) is 55.4 Å². The zero-order chi connectivity index (χ0) is 48.3. The van der Waals surface area contributed by atoms with Crippen LogP contribution in [0.3, 0.4) is 0 Å². The van der Waals surface area contributed by atoms with Gasteiger partial charge in [-0.2, -0.15) is 0 Å². The van der Waals surface area contributed by atoms with Crippen LogP contribution >= 0.6 is 0 Å². The maximum atomic E-state index is 13.2. The summed E-state index contributed by atoms with van der Waals surface area (Å²) in [6, 6.07) is 11.0. The summed E-state index contributed by atoms with van der Waals surface area (Å²) in [6.07, 6.45) is 10.5. The Morgan fingerprint density at radius 3 is 1.60 bits per heavy atom. The number of aromatic nitrogens is 6. The Hall–Kier alpha value is -7.07. The third-order valence-corrected chi connectivity index (χ3v) is 11.4. The van der Waals surface area contributed by atoms with Gasteiger partial charge in [0.15, 0.2) is 24.3 Å². The lowest BCUT2D eigenvalue weighted by atomic mass is 10.0. The van der Waals surface area contributed by atoms with E-state index in [1.54, 1.807) is 48.0 Å². The number of nitrogens with zero attached hydrogens (tertiary/aromatic N) is 6. The van der Waals surface area contributed by atoms with Crippen molar-refractivity contribution in [2.75, 3.05) is 13.2 Å². The minimum absolute atomic E-state index is 0.0852. The number of amides is 1. The Morgan fingerprint density at radius 2 is 1.18 bits per heavy atom. The molecule has 16 heteroatoms. The number of oxazole rings is 2. The van der Waals surface area contributed by atoms with Crippen LogP contribution in [0.15, 0.2) is 92.4 Å². The van der Waals surface area contributed by atoms with Crippen molar-refractivity contribution in [3.8, 4) is 34.1 Å². The van der Waals surface area contributed by atoms with Gasteiger partial charge >= 0.3 is 6.09 Å². The number of nitrogens with two attached hydrogens (primary N) is 1. The predicted molar refractivity (Wildman–Crippen MR) is 260 cm³/mol. The molecule has 1 amide bonds. The minimum atomic E-state index is -0.605. The Kier molecular flexibility index (Phi) is 14.2. The van der Waals surface area contributed by atoms with E-state index in [9.17, 15) is 14.4 Å². The number of carbonyl (C=O) groups is 1. The van der Waals surface area contributed by atoms with Crippen LogP contribution < -0.4 is 31.6 Å². The van der Waals surface area contributed by atoms with Crippen molar-refractivity contribution in [3.63, 3.8) is 0 Å². The largest absolute Gasteiger partial charge is 0.491 e. The number of fused-ring (bicyclic) bond motifs is 6. The molecular formula is C51H60N8O8. The van der Waals surface area contributed by atoms with Crippen molar-refractivity contribution in [2.24, 2.45) is 31.7 Å². The van der Waals surface area contributed by atoms with Crippen molar-refractivity contribution in [3.05, 3.63) is 106 Å². The highest BCUT2D eigenvalue weighted by molar-refractivity contribution is 6.09. The van der Waals surface area contributed by atoms with E-state index in [1.807, 2.05) is 71.0 Å². The lowest BCUT2D eigenvalue weighted by Gasteiger charge is -2.25. The number of hydrogen-bond acceptors (Lipinski definition) is 13. The molecule has 0 aliphatic heterocycles. The summed E-state index contributed by atoms with van der Waals surface area (Å²) in [6.45, 7) is 18.2. The smallest absolute Gasteiger partial charge is 0.407 e. The van der Waals surface area contributed by atoms with Crippen molar-refractivity contribution in [1.29, 1.82) is 0 Å². The lowest BCUT2D eigenvalue weighted by Crippen LogP contribution is -2.42. The summed E-state index contributed by atoms with van der Waals surface area (Å²) >= 11 is 0. The molecule has 0 aliphatic rings. The van der Waals surface area contributed by atoms with Crippen molar-refractivity contribution >= 4 is 49.4 Å². The van der Waals surface area contributed by atoms with Crippen LogP contribution in [0.4, 0.5) is 4.79 Å². The third-order valence-electron chi connectivity index (χ3n) is 11.4. The number of rotatable bonds is 13. The molecule has 0 aliphatic carbocycles. The fourth-order valence-electron chi connectivity index (χ4n) is 8.39. The van der Waals surface area contributed by atoms with Crippen molar-refractivity contribution in [2.45, 2.75) is 92.8 Å². The number of aryl methyl sites for hydroxylation is 4. The predicted octanol–water partition coefficient (Wildman–Crippen LogP) is 9.17. The van der Waals surface area contributed by atoms with Crippen LogP contribution in [0.25, 0.3) is 66.0 Å². The third kappa shape index (κ3) is 10.6. The normalized spacial score (nSPS) is 12.7. The monoisotopic (exact) mass is 912 g/mol. The van der Waals surface area contributed by atoms with Gasteiger partial charge in [-0.3, -0.25) is 19.6 Å². The van der Waals surface area contributed by atoms with E-state index in [4.69, 9.17) is 28.8 Å². The van der Waals surface area contributed by atoms with Crippen LogP contribution in [-0.4, -0.2) is 66.1 Å². The first-order valence-electron chi connectivity index (χ1n) is 22.4. The van der Waals surface area contributed by atoms with Crippen molar-refractivity contribution < 1.29 is 27.8 Å². The molecule has 8 aromatic rings. The molecule has 0 bridgehead atoms. The number of hydrogen-bond donors (Lipinski definition) is 2. The average Bonchev–Trinajstić information content (AvgIpc) is 4.01. The number of nitrogens with one attached hydrogen (secondary N) is 1. The molecule has 2 atom stereocenters. The Bertz CT molecular complexity index is 3170. The number of carbonyl (C=O) groups excluding carboxylic acids is 1.